The van der Waals surface area contributed by atoms with Crippen LogP contribution in [0.15, 0.2) is 24.3 Å². The van der Waals surface area contributed by atoms with Gasteiger partial charge in [-0.05, 0) is 37.0 Å². The van der Waals surface area contributed by atoms with Gasteiger partial charge in [0.15, 0.2) is 9.84 Å². The Bertz CT molecular complexity index is 633. The van der Waals surface area contributed by atoms with Gasteiger partial charge in [-0.1, -0.05) is 32.9 Å². The normalized spacial score (nSPS) is 14.0. The molecule has 0 unspecified atom stereocenters. The van der Waals surface area contributed by atoms with Crippen LogP contribution >= 0.6 is 0 Å². The van der Waals surface area contributed by atoms with Gasteiger partial charge in [-0.15, -0.1) is 0 Å². The molecule has 0 aliphatic heterocycles. The summed E-state index contributed by atoms with van der Waals surface area (Å²) in [5, 5.41) is 2.12. The number of carbonyl (C=O) groups is 1. The van der Waals surface area contributed by atoms with E-state index in [9.17, 15) is 17.6 Å². The van der Waals surface area contributed by atoms with Gasteiger partial charge >= 0.3 is 0 Å². The third-order valence-electron chi connectivity index (χ3n) is 3.40. The third-order valence-corrected chi connectivity index (χ3v) is 5.50. The Morgan fingerprint density at radius 3 is 2.32 bits per heavy atom. The number of hydrogen-bond acceptors (Lipinski definition) is 3. The van der Waals surface area contributed by atoms with Gasteiger partial charge in [-0.2, -0.15) is 0 Å². The molecule has 0 radical (unpaired) electrons. The zero-order valence-corrected chi connectivity index (χ0v) is 14.5. The molecule has 4 nitrogen and oxygen atoms in total. The van der Waals surface area contributed by atoms with E-state index in [1.807, 2.05) is 20.8 Å². The number of carbonyl (C=O) groups excluding carboxylic acids is 1. The maximum absolute atomic E-state index is 13.4. The molecule has 0 heterocycles. The molecule has 1 atom stereocenters. The molecule has 1 amide bonds. The molecule has 0 spiro atoms. The van der Waals surface area contributed by atoms with Gasteiger partial charge in [0.2, 0.25) is 5.91 Å². The van der Waals surface area contributed by atoms with E-state index in [1.165, 1.54) is 26.0 Å². The van der Waals surface area contributed by atoms with Crippen molar-refractivity contribution < 1.29 is 17.6 Å². The molecule has 0 aromatic heterocycles. The fraction of sp³-hybridized carbons (Fsp3) is 0.562. The highest BCUT2D eigenvalue weighted by Gasteiger charge is 2.30. The highest BCUT2D eigenvalue weighted by atomic mass is 32.2. The average molecular weight is 329 g/mol. The van der Waals surface area contributed by atoms with Gasteiger partial charge in [-0.25, -0.2) is 12.8 Å². The lowest BCUT2D eigenvalue weighted by Crippen LogP contribution is -2.40. The molecule has 6 heteroatoms. The van der Waals surface area contributed by atoms with Gasteiger partial charge in [0, 0.05) is 0 Å². The van der Waals surface area contributed by atoms with E-state index in [1.54, 1.807) is 12.1 Å². The standard InChI is InChI=1S/C16H24FNO3S/c1-11(2)22(20,21)10-14(19)18-15(16(3,4)5)12-7-6-8-13(17)9-12/h6-9,11,15H,10H2,1-5H3,(H,18,19)/t15-/m0/s1. The molecule has 1 N–H and O–H groups in total. The first-order valence-electron chi connectivity index (χ1n) is 7.20. The van der Waals surface area contributed by atoms with Crippen LogP contribution in [0.25, 0.3) is 0 Å². The van der Waals surface area contributed by atoms with E-state index < -0.39 is 38.6 Å². The lowest BCUT2D eigenvalue weighted by Gasteiger charge is -2.32. The number of benzene rings is 1. The summed E-state index contributed by atoms with van der Waals surface area (Å²) in [5.74, 6) is -1.53. The highest BCUT2D eigenvalue weighted by Crippen LogP contribution is 2.33. The Hall–Kier alpha value is -1.43. The van der Waals surface area contributed by atoms with Crippen LogP contribution in [0.5, 0.6) is 0 Å². The van der Waals surface area contributed by atoms with Crippen molar-refractivity contribution >= 4 is 15.7 Å². The minimum Gasteiger partial charge on any atom is -0.348 e. The summed E-state index contributed by atoms with van der Waals surface area (Å²) >= 11 is 0. The van der Waals surface area contributed by atoms with Crippen molar-refractivity contribution in [2.24, 2.45) is 5.41 Å². The van der Waals surface area contributed by atoms with E-state index in [4.69, 9.17) is 0 Å². The largest absolute Gasteiger partial charge is 0.348 e. The fourth-order valence-corrected chi connectivity index (χ4v) is 2.82. The summed E-state index contributed by atoms with van der Waals surface area (Å²) in [6.07, 6.45) is 0. The SMILES string of the molecule is CC(C)S(=O)(=O)CC(=O)N[C@@H](c1cccc(F)c1)C(C)(C)C. The van der Waals surface area contributed by atoms with Gasteiger partial charge in [0.05, 0.1) is 11.3 Å². The van der Waals surface area contributed by atoms with Gasteiger partial charge < -0.3 is 5.32 Å². The first-order chi connectivity index (χ1) is 9.93. The topological polar surface area (TPSA) is 63.2 Å². The molecule has 1 aromatic rings. The first-order valence-corrected chi connectivity index (χ1v) is 8.91. The zero-order chi connectivity index (χ0) is 17.1. The van der Waals surface area contributed by atoms with Crippen molar-refractivity contribution in [3.05, 3.63) is 35.6 Å². The Labute approximate surface area is 132 Å². The molecular weight excluding hydrogens is 305 g/mol. The van der Waals surface area contributed by atoms with Crippen molar-refractivity contribution in [2.75, 3.05) is 5.75 Å². The number of nitrogens with one attached hydrogen (secondary N) is 1. The van der Waals surface area contributed by atoms with Crippen molar-refractivity contribution in [1.82, 2.24) is 5.32 Å². The van der Waals surface area contributed by atoms with Crippen LogP contribution in [0.1, 0.15) is 46.2 Å². The van der Waals surface area contributed by atoms with Gasteiger partial charge in [-0.3, -0.25) is 4.79 Å². The van der Waals surface area contributed by atoms with E-state index in [2.05, 4.69) is 5.32 Å². The molecule has 1 aromatic carbocycles. The van der Waals surface area contributed by atoms with Crippen LogP contribution in [0, 0.1) is 11.2 Å². The molecule has 0 bridgehead atoms. The van der Waals surface area contributed by atoms with E-state index >= 15 is 0 Å². The molecule has 0 saturated heterocycles. The Morgan fingerprint density at radius 2 is 1.86 bits per heavy atom. The number of amides is 1. The Kier molecular flexibility index (Phi) is 5.73. The lowest BCUT2D eigenvalue weighted by molar-refractivity contribution is -0.120. The highest BCUT2D eigenvalue weighted by molar-refractivity contribution is 7.92. The summed E-state index contributed by atoms with van der Waals surface area (Å²) in [4.78, 5) is 12.1. The molecule has 0 saturated carbocycles. The van der Waals surface area contributed by atoms with Crippen molar-refractivity contribution in [3.8, 4) is 0 Å². The van der Waals surface area contributed by atoms with Crippen LogP contribution in [0.3, 0.4) is 0 Å². The summed E-state index contributed by atoms with van der Waals surface area (Å²) in [7, 11) is -3.47. The van der Waals surface area contributed by atoms with Crippen LogP contribution < -0.4 is 5.32 Å². The van der Waals surface area contributed by atoms with E-state index in [0.717, 1.165) is 0 Å². The minimum absolute atomic E-state index is 0.384. The molecule has 0 aliphatic carbocycles. The maximum Gasteiger partial charge on any atom is 0.235 e. The summed E-state index contributed by atoms with van der Waals surface area (Å²) in [5.41, 5.74) is 0.230. The van der Waals surface area contributed by atoms with Gasteiger partial charge in [0.25, 0.3) is 0 Å². The van der Waals surface area contributed by atoms with Crippen LogP contribution in [0.2, 0.25) is 0 Å². The maximum atomic E-state index is 13.4. The van der Waals surface area contributed by atoms with Crippen molar-refractivity contribution in [2.45, 2.75) is 45.9 Å². The number of hydrogen-bond donors (Lipinski definition) is 1. The van der Waals surface area contributed by atoms with E-state index in [-0.39, 0.29) is 5.41 Å². The number of sulfone groups is 1. The number of rotatable bonds is 5. The second-order valence-corrected chi connectivity index (χ2v) is 9.33. The lowest BCUT2D eigenvalue weighted by atomic mass is 9.82. The van der Waals surface area contributed by atoms with Crippen LogP contribution in [-0.4, -0.2) is 25.3 Å². The van der Waals surface area contributed by atoms with Crippen molar-refractivity contribution in [1.29, 1.82) is 0 Å². The smallest absolute Gasteiger partial charge is 0.235 e. The van der Waals surface area contributed by atoms with Crippen molar-refractivity contribution in [3.63, 3.8) is 0 Å². The predicted octanol–water partition coefficient (Wildman–Crippen LogP) is 2.85. The Morgan fingerprint density at radius 1 is 1.27 bits per heavy atom. The summed E-state index contributed by atoms with van der Waals surface area (Å²) in [6.45, 7) is 8.78. The van der Waals surface area contributed by atoms with Gasteiger partial charge in [0.1, 0.15) is 11.6 Å². The number of halogens is 1. The van der Waals surface area contributed by atoms with Crippen LogP contribution in [-0.2, 0) is 14.6 Å². The minimum atomic E-state index is -3.47. The second kappa shape index (κ2) is 6.77. The summed E-state index contributed by atoms with van der Waals surface area (Å²) in [6, 6.07) is 5.50. The molecule has 0 aliphatic rings. The monoisotopic (exact) mass is 329 g/mol. The first kappa shape index (κ1) is 18.6. The zero-order valence-electron chi connectivity index (χ0n) is 13.7. The molecule has 124 valence electrons. The summed E-state index contributed by atoms with van der Waals surface area (Å²) < 4.78 is 37.1. The second-order valence-electron chi connectivity index (χ2n) is 6.78. The molecule has 0 fully saturated rings. The van der Waals surface area contributed by atoms with E-state index in [0.29, 0.717) is 5.56 Å². The quantitative estimate of drug-likeness (QED) is 0.903. The predicted molar refractivity (Wildman–Crippen MR) is 85.7 cm³/mol. The molecule has 1 rings (SSSR count). The fourth-order valence-electron chi connectivity index (χ4n) is 2.04. The van der Waals surface area contributed by atoms with Crippen LogP contribution in [0.4, 0.5) is 4.39 Å². The average Bonchev–Trinajstić information content (AvgIpc) is 2.33. The molecular formula is C16H24FNO3S. The Balaban J connectivity index is 3.00. The molecule has 22 heavy (non-hydrogen) atoms. The third kappa shape index (κ3) is 5.09.